The van der Waals surface area contributed by atoms with Crippen LogP contribution in [0.5, 0.6) is 0 Å². The Morgan fingerprint density at radius 3 is 2.27 bits per heavy atom. The highest BCUT2D eigenvalue weighted by Crippen LogP contribution is 2.22. The van der Waals surface area contributed by atoms with Gasteiger partial charge in [0.15, 0.2) is 0 Å². The fraction of sp³-hybridized carbons (Fsp3) is 0.100. The first-order valence-corrected chi connectivity index (χ1v) is 4.96. The Labute approximate surface area is 106 Å². The van der Waals surface area contributed by atoms with Crippen LogP contribution in [0.1, 0.15) is 0 Å². The van der Waals surface area contributed by atoms with E-state index in [2.05, 4.69) is 34.6 Å². The van der Waals surface area contributed by atoms with Gasteiger partial charge in [-0.25, -0.2) is 4.98 Å². The fourth-order valence-corrected chi connectivity index (χ4v) is 1.79. The van der Waals surface area contributed by atoms with Crippen molar-refractivity contribution in [3.8, 4) is 10.6 Å². The minimum absolute atomic E-state index is 0. The number of nitrogens with one attached hydrogen (secondary N) is 1. The SMILES string of the molecule is CNc1ccc(-c2nccs2)cc1.Cl.Cl. The molecule has 0 atom stereocenters. The molecule has 0 amide bonds. The predicted octanol–water partition coefficient (Wildman–Crippen LogP) is 3.70. The highest BCUT2D eigenvalue weighted by atomic mass is 35.5. The van der Waals surface area contributed by atoms with E-state index in [4.69, 9.17) is 0 Å². The van der Waals surface area contributed by atoms with Gasteiger partial charge in [0.25, 0.3) is 0 Å². The maximum absolute atomic E-state index is 4.24. The van der Waals surface area contributed by atoms with Crippen molar-refractivity contribution in [1.29, 1.82) is 0 Å². The van der Waals surface area contributed by atoms with Crippen molar-refractivity contribution in [1.82, 2.24) is 4.98 Å². The number of nitrogens with zero attached hydrogens (tertiary/aromatic N) is 1. The fourth-order valence-electron chi connectivity index (χ4n) is 1.15. The molecule has 0 aliphatic heterocycles. The molecule has 0 aliphatic carbocycles. The van der Waals surface area contributed by atoms with Crippen molar-refractivity contribution in [3.05, 3.63) is 35.8 Å². The summed E-state index contributed by atoms with van der Waals surface area (Å²) in [6.45, 7) is 0. The molecule has 0 unspecified atom stereocenters. The largest absolute Gasteiger partial charge is 0.388 e. The topological polar surface area (TPSA) is 24.9 Å². The zero-order valence-corrected chi connectivity index (χ0v) is 10.6. The van der Waals surface area contributed by atoms with Gasteiger partial charge in [-0.2, -0.15) is 0 Å². The first-order chi connectivity index (χ1) is 6.40. The summed E-state index contributed by atoms with van der Waals surface area (Å²) in [6.07, 6.45) is 1.83. The Bertz CT molecular complexity index is 373. The Kier molecular flexibility index (Phi) is 6.32. The molecule has 0 bridgehead atoms. The normalized spacial score (nSPS) is 8.60. The van der Waals surface area contributed by atoms with E-state index in [9.17, 15) is 0 Å². The number of benzene rings is 1. The summed E-state index contributed by atoms with van der Waals surface area (Å²) in [5, 5.41) is 6.14. The van der Waals surface area contributed by atoms with E-state index in [1.807, 2.05) is 18.6 Å². The first-order valence-electron chi connectivity index (χ1n) is 4.08. The number of hydrogen-bond donors (Lipinski definition) is 1. The molecule has 15 heavy (non-hydrogen) atoms. The lowest BCUT2D eigenvalue weighted by molar-refractivity contribution is 1.41. The second-order valence-electron chi connectivity index (χ2n) is 2.66. The van der Waals surface area contributed by atoms with E-state index in [1.165, 1.54) is 5.56 Å². The minimum Gasteiger partial charge on any atom is -0.388 e. The van der Waals surface area contributed by atoms with Crippen LogP contribution in [0.15, 0.2) is 35.8 Å². The van der Waals surface area contributed by atoms with Gasteiger partial charge < -0.3 is 5.32 Å². The van der Waals surface area contributed by atoms with Crippen molar-refractivity contribution >= 4 is 41.8 Å². The smallest absolute Gasteiger partial charge is 0.123 e. The van der Waals surface area contributed by atoms with Gasteiger partial charge >= 0.3 is 0 Å². The van der Waals surface area contributed by atoms with Crippen molar-refractivity contribution < 1.29 is 0 Å². The van der Waals surface area contributed by atoms with E-state index < -0.39 is 0 Å². The van der Waals surface area contributed by atoms with Crippen molar-refractivity contribution in [3.63, 3.8) is 0 Å². The Morgan fingerprint density at radius 2 is 1.80 bits per heavy atom. The van der Waals surface area contributed by atoms with Gasteiger partial charge in [-0.05, 0) is 24.3 Å². The van der Waals surface area contributed by atoms with Gasteiger partial charge in [0.05, 0.1) is 0 Å². The number of thiazole rings is 1. The van der Waals surface area contributed by atoms with E-state index >= 15 is 0 Å². The molecule has 0 spiro atoms. The summed E-state index contributed by atoms with van der Waals surface area (Å²) < 4.78 is 0. The monoisotopic (exact) mass is 262 g/mol. The maximum atomic E-state index is 4.24. The Balaban J connectivity index is 0.000000980. The molecule has 5 heteroatoms. The lowest BCUT2D eigenvalue weighted by atomic mass is 10.2. The van der Waals surface area contributed by atoms with E-state index in [-0.39, 0.29) is 24.8 Å². The summed E-state index contributed by atoms with van der Waals surface area (Å²) in [5.41, 5.74) is 2.30. The van der Waals surface area contributed by atoms with Crippen LogP contribution < -0.4 is 5.32 Å². The molecule has 1 N–H and O–H groups in total. The molecule has 2 rings (SSSR count). The molecule has 1 heterocycles. The highest BCUT2D eigenvalue weighted by Gasteiger charge is 1.98. The van der Waals surface area contributed by atoms with E-state index in [0.717, 1.165) is 10.7 Å². The van der Waals surface area contributed by atoms with Crippen LogP contribution in [-0.4, -0.2) is 12.0 Å². The summed E-state index contributed by atoms with van der Waals surface area (Å²) in [7, 11) is 1.92. The van der Waals surface area contributed by atoms with Crippen LogP contribution in [0.3, 0.4) is 0 Å². The minimum atomic E-state index is 0. The molecule has 0 saturated heterocycles. The number of halogens is 2. The third-order valence-electron chi connectivity index (χ3n) is 1.85. The summed E-state index contributed by atoms with van der Waals surface area (Å²) >= 11 is 1.66. The molecule has 1 aromatic heterocycles. The van der Waals surface area contributed by atoms with Gasteiger partial charge in [-0.15, -0.1) is 36.2 Å². The second kappa shape index (κ2) is 6.67. The quantitative estimate of drug-likeness (QED) is 0.893. The average molecular weight is 263 g/mol. The molecular formula is C10H12Cl2N2S. The lowest BCUT2D eigenvalue weighted by Gasteiger charge is -2.00. The molecule has 0 radical (unpaired) electrons. The van der Waals surface area contributed by atoms with Gasteiger partial charge in [0, 0.05) is 29.9 Å². The molecular weight excluding hydrogens is 251 g/mol. The Morgan fingerprint density at radius 1 is 1.13 bits per heavy atom. The van der Waals surface area contributed by atoms with Crippen LogP contribution >= 0.6 is 36.2 Å². The first kappa shape index (κ1) is 14.2. The summed E-state index contributed by atoms with van der Waals surface area (Å²) in [5.74, 6) is 0. The van der Waals surface area contributed by atoms with Crippen LogP contribution in [0.2, 0.25) is 0 Å². The van der Waals surface area contributed by atoms with Crippen molar-refractivity contribution in [2.45, 2.75) is 0 Å². The number of hydrogen-bond acceptors (Lipinski definition) is 3. The van der Waals surface area contributed by atoms with Crippen molar-refractivity contribution in [2.24, 2.45) is 0 Å². The molecule has 0 fully saturated rings. The molecule has 0 saturated carbocycles. The second-order valence-corrected chi connectivity index (χ2v) is 3.56. The zero-order valence-electron chi connectivity index (χ0n) is 8.14. The third-order valence-corrected chi connectivity index (χ3v) is 2.68. The molecule has 2 nitrogen and oxygen atoms in total. The van der Waals surface area contributed by atoms with Gasteiger partial charge in [-0.3, -0.25) is 0 Å². The number of aromatic nitrogens is 1. The van der Waals surface area contributed by atoms with Gasteiger partial charge in [0.2, 0.25) is 0 Å². The lowest BCUT2D eigenvalue weighted by Crippen LogP contribution is -1.86. The van der Waals surface area contributed by atoms with Crippen LogP contribution in [-0.2, 0) is 0 Å². The molecule has 1 aromatic carbocycles. The van der Waals surface area contributed by atoms with Crippen LogP contribution in [0.4, 0.5) is 5.69 Å². The predicted molar refractivity (Wildman–Crippen MR) is 71.6 cm³/mol. The number of rotatable bonds is 2. The molecule has 2 aromatic rings. The third kappa shape index (κ3) is 3.38. The van der Waals surface area contributed by atoms with Crippen LogP contribution in [0.25, 0.3) is 10.6 Å². The van der Waals surface area contributed by atoms with Crippen LogP contribution in [0, 0.1) is 0 Å². The van der Waals surface area contributed by atoms with Crippen molar-refractivity contribution in [2.75, 3.05) is 12.4 Å². The summed E-state index contributed by atoms with van der Waals surface area (Å²) in [6, 6.07) is 8.25. The van der Waals surface area contributed by atoms with E-state index in [1.54, 1.807) is 11.3 Å². The Hall–Kier alpha value is -0.770. The van der Waals surface area contributed by atoms with Gasteiger partial charge in [0.1, 0.15) is 5.01 Å². The average Bonchev–Trinajstić information content (AvgIpc) is 2.71. The van der Waals surface area contributed by atoms with Gasteiger partial charge in [-0.1, -0.05) is 0 Å². The van der Waals surface area contributed by atoms with E-state index in [0.29, 0.717) is 0 Å². The zero-order chi connectivity index (χ0) is 9.10. The molecule has 0 aliphatic rings. The molecule has 82 valence electrons. The standard InChI is InChI=1S/C10H10N2S.2ClH/c1-11-9-4-2-8(3-5-9)10-12-6-7-13-10;;/h2-7,11H,1H3;2*1H. The highest BCUT2D eigenvalue weighted by molar-refractivity contribution is 7.13. The maximum Gasteiger partial charge on any atom is 0.123 e. The summed E-state index contributed by atoms with van der Waals surface area (Å²) in [4.78, 5) is 4.24. The number of anilines is 1.